The number of carbonyl (C=O) groups is 2. The van der Waals surface area contributed by atoms with Crippen LogP contribution in [0.3, 0.4) is 0 Å². The Morgan fingerprint density at radius 3 is 2.52 bits per heavy atom. The number of esters is 2. The summed E-state index contributed by atoms with van der Waals surface area (Å²) in [5.41, 5.74) is 0.841. The predicted octanol–water partition coefficient (Wildman–Crippen LogP) is 3.71. The molecule has 0 aromatic carbocycles. The number of carbonyl (C=O) groups excluding carboxylic acids is 2. The number of hydrogen-bond donors (Lipinski definition) is 0. The molecule has 0 bridgehead atoms. The van der Waals surface area contributed by atoms with Crippen LogP contribution in [0, 0.1) is 11.3 Å². The number of nitrogens with zero attached hydrogens (tertiary/aromatic N) is 2. The van der Waals surface area contributed by atoms with Crippen LogP contribution in [0.2, 0.25) is 0 Å². The van der Waals surface area contributed by atoms with Crippen LogP contribution in [0.1, 0.15) is 41.7 Å². The molecule has 1 aromatic rings. The molecule has 27 heavy (non-hydrogen) atoms. The molecule has 0 amide bonds. The van der Waals surface area contributed by atoms with E-state index >= 15 is 0 Å². The van der Waals surface area contributed by atoms with E-state index in [1.165, 1.54) is 18.4 Å². The number of methoxy groups -OCH3 is 1. The third-order valence-corrected chi connectivity index (χ3v) is 4.94. The zero-order chi connectivity index (χ0) is 20.2. The Hall–Kier alpha value is -2.59. The Balaban J connectivity index is 3.02. The lowest BCUT2D eigenvalue weighted by Gasteiger charge is -2.17. The van der Waals surface area contributed by atoms with Crippen molar-refractivity contribution in [1.82, 2.24) is 4.90 Å². The van der Waals surface area contributed by atoms with Crippen LogP contribution < -0.4 is 0 Å². The first-order valence-electron chi connectivity index (χ1n) is 8.89. The zero-order valence-corrected chi connectivity index (χ0v) is 17.1. The van der Waals surface area contributed by atoms with Crippen LogP contribution in [0.4, 0.5) is 0 Å². The first-order valence-corrected chi connectivity index (χ1v) is 9.71. The molecule has 0 spiro atoms. The summed E-state index contributed by atoms with van der Waals surface area (Å²) < 4.78 is 9.67. The van der Waals surface area contributed by atoms with E-state index in [9.17, 15) is 14.9 Å². The van der Waals surface area contributed by atoms with Crippen molar-refractivity contribution < 1.29 is 19.1 Å². The fourth-order valence-electron chi connectivity index (χ4n) is 2.34. The van der Waals surface area contributed by atoms with E-state index in [4.69, 9.17) is 9.47 Å². The topological polar surface area (TPSA) is 79.6 Å². The van der Waals surface area contributed by atoms with Crippen molar-refractivity contribution in [1.29, 1.82) is 5.26 Å². The summed E-state index contributed by atoms with van der Waals surface area (Å²) >= 11 is 1.38. The van der Waals surface area contributed by atoms with Crippen molar-refractivity contribution in [3.8, 4) is 6.07 Å². The first kappa shape index (κ1) is 22.5. The highest BCUT2D eigenvalue weighted by atomic mass is 32.1. The zero-order valence-electron chi connectivity index (χ0n) is 16.3. The van der Waals surface area contributed by atoms with Gasteiger partial charge in [0.05, 0.1) is 13.7 Å². The van der Waals surface area contributed by atoms with Gasteiger partial charge in [0.25, 0.3) is 0 Å². The molecule has 0 saturated carbocycles. The van der Waals surface area contributed by atoms with Gasteiger partial charge in [0, 0.05) is 24.2 Å². The standard InChI is InChI=1S/C20H26N2O4S/c1-5-22(6-2)14-15(12-16(13-21)19(23)26-7-3)8-9-17-10-11-18(27-17)20(24)25-4/h10-12,14H,5-9H2,1-4H3/b15-14-,16-12+. The minimum atomic E-state index is -0.616. The number of allylic oxidation sites excluding steroid dienone is 2. The molecule has 0 radical (unpaired) electrons. The van der Waals surface area contributed by atoms with Gasteiger partial charge in [-0.15, -0.1) is 11.3 Å². The molecule has 0 aliphatic rings. The third kappa shape index (κ3) is 7.27. The first-order chi connectivity index (χ1) is 13.0. The summed E-state index contributed by atoms with van der Waals surface area (Å²) in [5, 5.41) is 9.29. The number of rotatable bonds is 10. The smallest absolute Gasteiger partial charge is 0.348 e. The SMILES string of the molecule is CCOC(=O)/C(C#N)=C/C(=C\N(CC)CC)CCc1ccc(C(=O)OC)s1. The Labute approximate surface area is 164 Å². The summed E-state index contributed by atoms with van der Waals surface area (Å²) in [6.07, 6.45) is 4.87. The Kier molecular flexibility index (Phi) is 9.91. The van der Waals surface area contributed by atoms with Crippen LogP contribution >= 0.6 is 11.3 Å². The van der Waals surface area contributed by atoms with Gasteiger partial charge < -0.3 is 14.4 Å². The number of aryl methyl sites for hydroxylation is 1. The van der Waals surface area contributed by atoms with E-state index < -0.39 is 5.97 Å². The minimum Gasteiger partial charge on any atom is -0.465 e. The lowest BCUT2D eigenvalue weighted by molar-refractivity contribution is -0.138. The maximum Gasteiger partial charge on any atom is 0.348 e. The van der Waals surface area contributed by atoms with Crippen LogP contribution in [0.5, 0.6) is 0 Å². The molecule has 1 heterocycles. The maximum absolute atomic E-state index is 11.9. The highest BCUT2D eigenvalue weighted by Crippen LogP contribution is 2.21. The van der Waals surface area contributed by atoms with Crippen LogP contribution in [-0.4, -0.2) is 43.6 Å². The Morgan fingerprint density at radius 1 is 1.26 bits per heavy atom. The Bertz CT molecular complexity index is 739. The summed E-state index contributed by atoms with van der Waals surface area (Å²) in [6.45, 7) is 7.65. The van der Waals surface area contributed by atoms with Gasteiger partial charge in [0.2, 0.25) is 0 Å². The fraction of sp³-hybridized carbons (Fsp3) is 0.450. The monoisotopic (exact) mass is 390 g/mol. The van der Waals surface area contributed by atoms with E-state index in [2.05, 4.69) is 4.90 Å². The number of hydrogen-bond acceptors (Lipinski definition) is 7. The van der Waals surface area contributed by atoms with Gasteiger partial charge in [0.1, 0.15) is 16.5 Å². The van der Waals surface area contributed by atoms with Gasteiger partial charge in [-0.1, -0.05) is 0 Å². The largest absolute Gasteiger partial charge is 0.465 e. The number of thiophene rings is 1. The molecule has 1 rings (SSSR count). The maximum atomic E-state index is 11.9. The molecule has 1 aromatic heterocycles. The third-order valence-electron chi connectivity index (χ3n) is 3.81. The van der Waals surface area contributed by atoms with Crippen molar-refractivity contribution >= 4 is 23.3 Å². The molecule has 6 nitrogen and oxygen atoms in total. The molecule has 146 valence electrons. The highest BCUT2D eigenvalue weighted by Gasteiger charge is 2.13. The second-order valence-corrected chi connectivity index (χ2v) is 6.74. The van der Waals surface area contributed by atoms with Crippen LogP contribution in [0.15, 0.2) is 35.6 Å². The molecule has 0 atom stereocenters. The van der Waals surface area contributed by atoms with E-state index in [0.717, 1.165) is 23.5 Å². The second-order valence-electron chi connectivity index (χ2n) is 5.57. The van der Waals surface area contributed by atoms with Gasteiger partial charge in [0.15, 0.2) is 0 Å². The van der Waals surface area contributed by atoms with E-state index in [1.54, 1.807) is 19.1 Å². The molecule has 7 heteroatoms. The van der Waals surface area contributed by atoms with Crippen molar-refractivity contribution in [2.45, 2.75) is 33.6 Å². The second kappa shape index (κ2) is 11.9. The van der Waals surface area contributed by atoms with E-state index in [1.807, 2.05) is 32.2 Å². The molecule has 0 N–H and O–H groups in total. The van der Waals surface area contributed by atoms with Gasteiger partial charge in [-0.2, -0.15) is 5.26 Å². The Morgan fingerprint density at radius 2 is 1.96 bits per heavy atom. The minimum absolute atomic E-state index is 0.0170. The van der Waals surface area contributed by atoms with Gasteiger partial charge >= 0.3 is 11.9 Å². The van der Waals surface area contributed by atoms with E-state index in [0.29, 0.717) is 17.7 Å². The molecule has 0 aliphatic carbocycles. The molecule has 0 unspecified atom stereocenters. The average molecular weight is 391 g/mol. The van der Waals surface area contributed by atoms with Gasteiger partial charge in [-0.25, -0.2) is 9.59 Å². The molecular formula is C20H26N2O4S. The van der Waals surface area contributed by atoms with Crippen molar-refractivity contribution in [3.05, 3.63) is 45.3 Å². The lowest BCUT2D eigenvalue weighted by atomic mass is 10.1. The van der Waals surface area contributed by atoms with Gasteiger partial charge in [-0.3, -0.25) is 0 Å². The predicted molar refractivity (Wildman–Crippen MR) is 105 cm³/mol. The molecular weight excluding hydrogens is 364 g/mol. The fourth-order valence-corrected chi connectivity index (χ4v) is 3.26. The lowest BCUT2D eigenvalue weighted by Crippen LogP contribution is -2.16. The normalized spacial score (nSPS) is 11.7. The number of ether oxygens (including phenoxy) is 2. The molecule has 0 fully saturated rings. The van der Waals surface area contributed by atoms with Crippen molar-refractivity contribution in [3.63, 3.8) is 0 Å². The van der Waals surface area contributed by atoms with Crippen molar-refractivity contribution in [2.24, 2.45) is 0 Å². The molecule has 0 saturated heterocycles. The van der Waals surface area contributed by atoms with Crippen LogP contribution in [-0.2, 0) is 20.7 Å². The summed E-state index contributed by atoms with van der Waals surface area (Å²) in [6, 6.07) is 5.56. The number of nitriles is 1. The quantitative estimate of drug-likeness (QED) is 0.262. The van der Waals surface area contributed by atoms with Gasteiger partial charge in [-0.05, 0) is 57.4 Å². The summed E-state index contributed by atoms with van der Waals surface area (Å²) in [5.74, 6) is -0.964. The molecule has 0 aliphatic heterocycles. The summed E-state index contributed by atoms with van der Waals surface area (Å²) in [4.78, 5) is 27.2. The van der Waals surface area contributed by atoms with Crippen LogP contribution in [0.25, 0.3) is 0 Å². The highest BCUT2D eigenvalue weighted by molar-refractivity contribution is 7.13. The van der Waals surface area contributed by atoms with Crippen molar-refractivity contribution in [2.75, 3.05) is 26.8 Å². The van der Waals surface area contributed by atoms with E-state index in [-0.39, 0.29) is 18.1 Å². The summed E-state index contributed by atoms with van der Waals surface area (Å²) in [7, 11) is 1.36. The average Bonchev–Trinajstić information content (AvgIpc) is 3.16.